The maximum Gasteiger partial charge on any atom is 0.191 e. The van der Waals surface area contributed by atoms with Crippen LogP contribution in [0, 0.1) is 5.92 Å². The zero-order valence-corrected chi connectivity index (χ0v) is 20.8. The van der Waals surface area contributed by atoms with E-state index in [9.17, 15) is 0 Å². The molecule has 1 aromatic heterocycles. The minimum atomic E-state index is 0. The molecule has 3 rings (SSSR count). The van der Waals surface area contributed by atoms with Crippen LogP contribution in [-0.2, 0) is 6.54 Å². The van der Waals surface area contributed by atoms with Crippen LogP contribution in [0.2, 0.25) is 0 Å². The highest BCUT2D eigenvalue weighted by molar-refractivity contribution is 14.0. The molecule has 28 heavy (non-hydrogen) atoms. The average molecular weight is 521 g/mol. The molecule has 1 aromatic rings. The first-order valence-electron chi connectivity index (χ1n) is 10.5. The van der Waals surface area contributed by atoms with E-state index >= 15 is 0 Å². The van der Waals surface area contributed by atoms with Gasteiger partial charge in [-0.2, -0.15) is 0 Å². The molecule has 2 heterocycles. The van der Waals surface area contributed by atoms with Crippen molar-refractivity contribution in [3.05, 3.63) is 11.1 Å². The topological polar surface area (TPSA) is 55.8 Å². The first-order chi connectivity index (χ1) is 13.2. The highest BCUT2D eigenvalue weighted by Crippen LogP contribution is 2.27. The number of likely N-dealkylation sites (tertiary alicyclic amines) is 1. The predicted octanol–water partition coefficient (Wildman–Crippen LogP) is 3.54. The summed E-state index contributed by atoms with van der Waals surface area (Å²) in [5, 5.41) is 10.1. The summed E-state index contributed by atoms with van der Waals surface area (Å²) < 4.78 is 0. The molecule has 2 fully saturated rings. The van der Waals surface area contributed by atoms with Crippen LogP contribution >= 0.6 is 35.3 Å². The van der Waals surface area contributed by atoms with Crippen LogP contribution in [-0.4, -0.2) is 62.7 Å². The third-order valence-electron chi connectivity index (χ3n) is 5.80. The Labute approximate surface area is 191 Å². The van der Waals surface area contributed by atoms with Crippen molar-refractivity contribution in [2.24, 2.45) is 10.9 Å². The van der Waals surface area contributed by atoms with E-state index in [1.165, 1.54) is 58.0 Å². The second-order valence-electron chi connectivity index (χ2n) is 8.12. The quantitative estimate of drug-likeness (QED) is 0.327. The lowest BCUT2D eigenvalue weighted by Gasteiger charge is -2.31. The lowest BCUT2D eigenvalue weighted by molar-refractivity contribution is 0.188. The summed E-state index contributed by atoms with van der Waals surface area (Å²) >= 11 is 1.68. The number of thiazole rings is 1. The summed E-state index contributed by atoms with van der Waals surface area (Å²) in [6.07, 6.45) is 9.81. The Hall–Kier alpha value is -0.610. The van der Waals surface area contributed by atoms with Gasteiger partial charge in [0.05, 0.1) is 12.2 Å². The number of hydrogen-bond donors (Lipinski definition) is 2. The van der Waals surface area contributed by atoms with E-state index in [0.29, 0.717) is 12.6 Å². The van der Waals surface area contributed by atoms with Gasteiger partial charge >= 0.3 is 0 Å². The van der Waals surface area contributed by atoms with Crippen LogP contribution in [0.25, 0.3) is 0 Å². The van der Waals surface area contributed by atoms with Crippen molar-refractivity contribution in [2.45, 2.75) is 57.5 Å². The second-order valence-corrected chi connectivity index (χ2v) is 8.95. The van der Waals surface area contributed by atoms with Crippen molar-refractivity contribution in [1.82, 2.24) is 20.5 Å². The van der Waals surface area contributed by atoms with Gasteiger partial charge in [-0.1, -0.05) is 19.3 Å². The Bertz CT molecular complexity index is 599. The number of rotatable bonds is 7. The van der Waals surface area contributed by atoms with Gasteiger partial charge in [-0.15, -0.1) is 35.3 Å². The molecule has 1 atom stereocenters. The lowest BCUT2D eigenvalue weighted by Crippen LogP contribution is -2.45. The molecule has 1 saturated heterocycles. The molecule has 0 radical (unpaired) electrons. The number of anilines is 1. The summed E-state index contributed by atoms with van der Waals surface area (Å²) in [5.74, 6) is 1.80. The first-order valence-corrected chi connectivity index (χ1v) is 11.3. The van der Waals surface area contributed by atoms with Crippen LogP contribution in [0.15, 0.2) is 10.4 Å². The van der Waals surface area contributed by atoms with Gasteiger partial charge in [0.25, 0.3) is 0 Å². The standard InChI is InChI=1S/C20H36N6S.HI/c1-21-19(22-12-17-15-27-20(24-17)25(2)3)23-13-18-10-7-11-26(18)14-16-8-5-4-6-9-16;/h15-16,18H,4-14H2,1-3H3,(H2,21,22,23);1H. The van der Waals surface area contributed by atoms with E-state index in [1.807, 2.05) is 26.0 Å². The van der Waals surface area contributed by atoms with Crippen molar-refractivity contribution in [1.29, 1.82) is 0 Å². The van der Waals surface area contributed by atoms with E-state index in [4.69, 9.17) is 0 Å². The van der Waals surface area contributed by atoms with Gasteiger partial charge in [0.1, 0.15) is 0 Å². The zero-order valence-electron chi connectivity index (χ0n) is 17.6. The van der Waals surface area contributed by atoms with Gasteiger partial charge in [-0.3, -0.25) is 9.89 Å². The summed E-state index contributed by atoms with van der Waals surface area (Å²) in [5.41, 5.74) is 1.06. The highest BCUT2D eigenvalue weighted by Gasteiger charge is 2.27. The molecule has 0 aromatic carbocycles. The predicted molar refractivity (Wildman–Crippen MR) is 131 cm³/mol. The van der Waals surface area contributed by atoms with Crippen LogP contribution in [0.4, 0.5) is 5.13 Å². The van der Waals surface area contributed by atoms with Crippen molar-refractivity contribution >= 4 is 46.4 Å². The van der Waals surface area contributed by atoms with Crippen molar-refractivity contribution in [2.75, 3.05) is 45.7 Å². The number of guanidine groups is 1. The fraction of sp³-hybridized carbons (Fsp3) is 0.800. The third-order valence-corrected chi connectivity index (χ3v) is 6.86. The monoisotopic (exact) mass is 520 g/mol. The number of halogens is 1. The van der Waals surface area contributed by atoms with Crippen molar-refractivity contribution in [3.63, 3.8) is 0 Å². The summed E-state index contributed by atoms with van der Waals surface area (Å²) in [6.45, 7) is 4.25. The highest BCUT2D eigenvalue weighted by atomic mass is 127. The molecule has 0 amide bonds. The normalized spacial score (nSPS) is 21.4. The number of nitrogens with one attached hydrogen (secondary N) is 2. The molecule has 2 N–H and O–H groups in total. The summed E-state index contributed by atoms with van der Waals surface area (Å²) in [4.78, 5) is 13.8. The number of aliphatic imine (C=N–C) groups is 1. The first kappa shape index (κ1) is 23.7. The fourth-order valence-electron chi connectivity index (χ4n) is 4.26. The average Bonchev–Trinajstić information content (AvgIpc) is 3.32. The Morgan fingerprint density at radius 2 is 2.00 bits per heavy atom. The van der Waals surface area contributed by atoms with Crippen LogP contribution in [0.5, 0.6) is 0 Å². The fourth-order valence-corrected chi connectivity index (χ4v) is 5.02. The molecule has 1 unspecified atom stereocenters. The van der Waals surface area contributed by atoms with Gasteiger partial charge < -0.3 is 15.5 Å². The molecule has 6 nitrogen and oxygen atoms in total. The van der Waals surface area contributed by atoms with Crippen molar-refractivity contribution in [3.8, 4) is 0 Å². The maximum absolute atomic E-state index is 4.62. The maximum atomic E-state index is 4.62. The Kier molecular flexibility index (Phi) is 10.3. The van der Waals surface area contributed by atoms with E-state index in [1.54, 1.807) is 11.3 Å². The van der Waals surface area contributed by atoms with Crippen molar-refractivity contribution < 1.29 is 0 Å². The summed E-state index contributed by atoms with van der Waals surface area (Å²) in [7, 11) is 5.89. The lowest BCUT2D eigenvalue weighted by atomic mass is 9.89. The van der Waals surface area contributed by atoms with E-state index in [-0.39, 0.29) is 24.0 Å². The minimum absolute atomic E-state index is 0. The molecule has 0 spiro atoms. The molecular formula is C20H37IN6S. The minimum Gasteiger partial charge on any atom is -0.355 e. The molecule has 1 aliphatic heterocycles. The molecule has 1 saturated carbocycles. The summed E-state index contributed by atoms with van der Waals surface area (Å²) in [6, 6.07) is 0.644. The third kappa shape index (κ3) is 7.02. The van der Waals surface area contributed by atoms with E-state index in [0.717, 1.165) is 29.2 Å². The molecule has 2 aliphatic rings. The molecular weight excluding hydrogens is 483 g/mol. The van der Waals surface area contributed by atoms with Gasteiger partial charge in [0.15, 0.2) is 11.1 Å². The zero-order chi connectivity index (χ0) is 19.1. The Morgan fingerprint density at radius 3 is 2.68 bits per heavy atom. The molecule has 0 bridgehead atoms. The van der Waals surface area contributed by atoms with Gasteiger partial charge in [-0.25, -0.2) is 4.98 Å². The van der Waals surface area contributed by atoms with Crippen LogP contribution in [0.1, 0.15) is 50.6 Å². The van der Waals surface area contributed by atoms with Gasteiger partial charge in [0.2, 0.25) is 0 Å². The molecule has 8 heteroatoms. The van der Waals surface area contributed by atoms with E-state index < -0.39 is 0 Å². The smallest absolute Gasteiger partial charge is 0.191 e. The Morgan fingerprint density at radius 1 is 1.21 bits per heavy atom. The van der Waals surface area contributed by atoms with Crippen LogP contribution < -0.4 is 15.5 Å². The Balaban J connectivity index is 0.00000280. The number of nitrogens with zero attached hydrogens (tertiary/aromatic N) is 4. The second kappa shape index (κ2) is 12.2. The molecule has 160 valence electrons. The SMILES string of the molecule is CN=C(NCc1csc(N(C)C)n1)NCC1CCCN1CC1CCCCC1.I. The van der Waals surface area contributed by atoms with Crippen LogP contribution in [0.3, 0.4) is 0 Å². The number of aromatic nitrogens is 1. The molecule has 1 aliphatic carbocycles. The largest absolute Gasteiger partial charge is 0.355 e. The van der Waals surface area contributed by atoms with E-state index in [2.05, 4.69) is 30.9 Å². The van der Waals surface area contributed by atoms with Gasteiger partial charge in [-0.05, 0) is 38.1 Å². The van der Waals surface area contributed by atoms with Gasteiger partial charge in [0, 0.05) is 45.7 Å². The number of hydrogen-bond acceptors (Lipinski definition) is 5.